The van der Waals surface area contributed by atoms with E-state index in [4.69, 9.17) is 9.15 Å². The van der Waals surface area contributed by atoms with Crippen LogP contribution in [0.25, 0.3) is 11.1 Å². The zero-order valence-corrected chi connectivity index (χ0v) is 15.1. The van der Waals surface area contributed by atoms with Gasteiger partial charge in [-0.1, -0.05) is 30.3 Å². The lowest BCUT2D eigenvalue weighted by atomic mass is 10.0. The number of furan rings is 1. The maximum absolute atomic E-state index is 12.5. The molecule has 6 nitrogen and oxygen atoms in total. The zero-order chi connectivity index (χ0) is 19.2. The van der Waals surface area contributed by atoms with Crippen molar-refractivity contribution in [3.63, 3.8) is 0 Å². The number of benzene rings is 2. The van der Waals surface area contributed by atoms with Gasteiger partial charge in [0.05, 0.1) is 13.7 Å². The largest absolute Gasteiger partial charge is 0.496 e. The molecule has 1 heterocycles. The minimum absolute atomic E-state index is 0.189. The summed E-state index contributed by atoms with van der Waals surface area (Å²) in [6.07, 6.45) is 0. The molecule has 0 spiro atoms. The summed E-state index contributed by atoms with van der Waals surface area (Å²) in [4.78, 5) is 24.0. The average Bonchev–Trinajstić information content (AvgIpc) is 3.20. The summed E-state index contributed by atoms with van der Waals surface area (Å²) in [6, 6.07) is 18.2. The Morgan fingerprint density at radius 1 is 1.00 bits per heavy atom. The van der Waals surface area contributed by atoms with E-state index >= 15 is 0 Å². The molecule has 0 unspecified atom stereocenters. The Bertz CT molecular complexity index is 962. The van der Waals surface area contributed by atoms with Crippen molar-refractivity contribution < 1.29 is 18.7 Å². The molecule has 0 atom stereocenters. The van der Waals surface area contributed by atoms with Gasteiger partial charge in [0.25, 0.3) is 11.8 Å². The fourth-order valence-corrected chi connectivity index (χ4v) is 2.70. The third kappa shape index (κ3) is 4.17. The molecule has 0 aliphatic heterocycles. The van der Waals surface area contributed by atoms with E-state index in [1.807, 2.05) is 42.5 Å². The number of hydrogen-bond acceptors (Lipinski definition) is 4. The van der Waals surface area contributed by atoms with E-state index in [0.29, 0.717) is 11.3 Å². The van der Waals surface area contributed by atoms with E-state index < -0.39 is 0 Å². The van der Waals surface area contributed by atoms with Crippen molar-refractivity contribution in [1.82, 2.24) is 10.6 Å². The van der Waals surface area contributed by atoms with Gasteiger partial charge in [0.1, 0.15) is 11.5 Å². The van der Waals surface area contributed by atoms with Gasteiger partial charge >= 0.3 is 0 Å². The first kappa shape index (κ1) is 18.3. The highest BCUT2D eigenvalue weighted by Gasteiger charge is 2.12. The van der Waals surface area contributed by atoms with Crippen LogP contribution in [0.15, 0.2) is 65.1 Å². The van der Waals surface area contributed by atoms with Gasteiger partial charge in [-0.2, -0.15) is 0 Å². The van der Waals surface area contributed by atoms with Gasteiger partial charge in [0.15, 0.2) is 5.76 Å². The second kappa shape index (κ2) is 8.23. The SMILES string of the molecule is CNC(=O)c1ccc(CNC(=O)c2cccc(-c3ccccc3OC)c2)o1. The molecule has 2 N–H and O–H groups in total. The van der Waals surface area contributed by atoms with Gasteiger partial charge in [-0.15, -0.1) is 0 Å². The Balaban J connectivity index is 1.72. The van der Waals surface area contributed by atoms with Gasteiger partial charge in [-0.25, -0.2) is 0 Å². The molecule has 27 heavy (non-hydrogen) atoms. The Morgan fingerprint density at radius 3 is 2.59 bits per heavy atom. The number of carbonyl (C=O) groups is 2. The van der Waals surface area contributed by atoms with Crippen LogP contribution in [-0.2, 0) is 6.54 Å². The number of ether oxygens (including phenoxy) is 1. The smallest absolute Gasteiger partial charge is 0.286 e. The second-order valence-electron chi connectivity index (χ2n) is 5.81. The lowest BCUT2D eigenvalue weighted by Gasteiger charge is -2.10. The molecule has 0 aliphatic carbocycles. The molecule has 0 aliphatic rings. The molecule has 0 saturated heterocycles. The number of methoxy groups -OCH3 is 1. The van der Waals surface area contributed by atoms with Crippen LogP contribution in [0.1, 0.15) is 26.7 Å². The molecule has 0 bridgehead atoms. The highest BCUT2D eigenvalue weighted by Crippen LogP contribution is 2.29. The maximum atomic E-state index is 12.5. The Morgan fingerprint density at radius 2 is 1.81 bits per heavy atom. The number of amides is 2. The van der Waals surface area contributed by atoms with Gasteiger partial charge in [-0.05, 0) is 35.9 Å². The van der Waals surface area contributed by atoms with Crippen molar-refractivity contribution in [3.05, 3.63) is 77.7 Å². The van der Waals surface area contributed by atoms with Gasteiger partial charge in [-0.3, -0.25) is 9.59 Å². The Labute approximate surface area is 157 Å². The standard InChI is InChI=1S/C21H20N2O4/c1-22-21(25)19-11-10-16(27-19)13-23-20(24)15-7-5-6-14(12-15)17-8-3-4-9-18(17)26-2/h3-12H,13H2,1-2H3,(H,22,25)(H,23,24). The minimum atomic E-state index is -0.308. The van der Waals surface area contributed by atoms with Crippen LogP contribution in [0, 0.1) is 0 Å². The van der Waals surface area contributed by atoms with E-state index in [9.17, 15) is 9.59 Å². The average molecular weight is 364 g/mol. The molecule has 0 saturated carbocycles. The van der Waals surface area contributed by atoms with Crippen molar-refractivity contribution in [2.75, 3.05) is 14.2 Å². The monoisotopic (exact) mass is 364 g/mol. The van der Waals surface area contributed by atoms with Gasteiger partial charge in [0, 0.05) is 18.2 Å². The molecule has 0 fully saturated rings. The predicted octanol–water partition coefficient (Wildman–Crippen LogP) is 3.24. The summed E-state index contributed by atoms with van der Waals surface area (Å²) in [7, 11) is 3.15. The van der Waals surface area contributed by atoms with Crippen LogP contribution < -0.4 is 15.4 Å². The number of nitrogens with one attached hydrogen (secondary N) is 2. The number of para-hydroxylation sites is 1. The van der Waals surface area contributed by atoms with Crippen molar-refractivity contribution in [2.24, 2.45) is 0 Å². The molecule has 3 rings (SSSR count). The van der Waals surface area contributed by atoms with Crippen LogP contribution in [0.5, 0.6) is 5.75 Å². The molecule has 2 amide bonds. The zero-order valence-electron chi connectivity index (χ0n) is 15.1. The van der Waals surface area contributed by atoms with Crippen LogP contribution in [0.2, 0.25) is 0 Å². The lowest BCUT2D eigenvalue weighted by molar-refractivity contribution is 0.0933. The molecule has 2 aromatic carbocycles. The van der Waals surface area contributed by atoms with Crippen LogP contribution in [0.3, 0.4) is 0 Å². The molecule has 1 aromatic heterocycles. The van der Waals surface area contributed by atoms with E-state index in [-0.39, 0.29) is 24.1 Å². The summed E-state index contributed by atoms with van der Waals surface area (Å²) in [5.74, 6) is 0.914. The highest BCUT2D eigenvalue weighted by molar-refractivity contribution is 5.95. The van der Waals surface area contributed by atoms with Crippen LogP contribution >= 0.6 is 0 Å². The number of carbonyl (C=O) groups excluding carboxylic acids is 2. The maximum Gasteiger partial charge on any atom is 0.286 e. The van der Waals surface area contributed by atoms with E-state index in [2.05, 4.69) is 10.6 Å². The van der Waals surface area contributed by atoms with E-state index in [0.717, 1.165) is 16.9 Å². The van der Waals surface area contributed by atoms with E-state index in [1.165, 1.54) is 7.05 Å². The molecule has 0 radical (unpaired) electrons. The molecular weight excluding hydrogens is 344 g/mol. The second-order valence-corrected chi connectivity index (χ2v) is 5.81. The van der Waals surface area contributed by atoms with Gasteiger partial charge < -0.3 is 19.8 Å². The molecule has 138 valence electrons. The molecular formula is C21H20N2O4. The molecule has 6 heteroatoms. The third-order valence-corrected chi connectivity index (χ3v) is 4.08. The summed E-state index contributed by atoms with van der Waals surface area (Å²) in [5.41, 5.74) is 2.33. The fourth-order valence-electron chi connectivity index (χ4n) is 2.70. The van der Waals surface area contributed by atoms with Crippen molar-refractivity contribution >= 4 is 11.8 Å². The topological polar surface area (TPSA) is 80.6 Å². The quantitative estimate of drug-likeness (QED) is 0.704. The van der Waals surface area contributed by atoms with Crippen molar-refractivity contribution in [1.29, 1.82) is 0 Å². The first-order valence-electron chi connectivity index (χ1n) is 8.45. The van der Waals surface area contributed by atoms with Crippen LogP contribution in [-0.4, -0.2) is 26.0 Å². The predicted molar refractivity (Wildman–Crippen MR) is 102 cm³/mol. The normalized spacial score (nSPS) is 10.3. The van der Waals surface area contributed by atoms with Crippen molar-refractivity contribution in [2.45, 2.75) is 6.54 Å². The fraction of sp³-hybridized carbons (Fsp3) is 0.143. The van der Waals surface area contributed by atoms with Gasteiger partial charge in [0.2, 0.25) is 0 Å². The summed E-state index contributed by atoms with van der Waals surface area (Å²) in [5, 5.41) is 5.28. The third-order valence-electron chi connectivity index (χ3n) is 4.08. The lowest BCUT2D eigenvalue weighted by Crippen LogP contribution is -2.22. The minimum Gasteiger partial charge on any atom is -0.496 e. The summed E-state index contributed by atoms with van der Waals surface area (Å²) >= 11 is 0. The first-order valence-corrected chi connectivity index (χ1v) is 8.45. The Kier molecular flexibility index (Phi) is 5.56. The Hall–Kier alpha value is -3.54. The van der Waals surface area contributed by atoms with E-state index in [1.54, 1.807) is 25.3 Å². The molecule has 3 aromatic rings. The van der Waals surface area contributed by atoms with Crippen molar-refractivity contribution in [3.8, 4) is 16.9 Å². The number of rotatable bonds is 6. The first-order chi connectivity index (χ1) is 13.1. The van der Waals surface area contributed by atoms with Crippen LogP contribution in [0.4, 0.5) is 0 Å². The number of hydrogen-bond donors (Lipinski definition) is 2. The highest BCUT2D eigenvalue weighted by atomic mass is 16.5. The summed E-state index contributed by atoms with van der Waals surface area (Å²) < 4.78 is 10.8. The summed E-state index contributed by atoms with van der Waals surface area (Å²) in [6.45, 7) is 0.189.